The van der Waals surface area contributed by atoms with Gasteiger partial charge in [-0.25, -0.2) is 9.97 Å². The second kappa shape index (κ2) is 9.67. The molecule has 156 valence electrons. The van der Waals surface area contributed by atoms with Gasteiger partial charge in [0.25, 0.3) is 0 Å². The number of aryl methyl sites for hydroxylation is 3. The van der Waals surface area contributed by atoms with Gasteiger partial charge in [-0.2, -0.15) is 0 Å². The Kier molecular flexibility index (Phi) is 6.53. The van der Waals surface area contributed by atoms with Crippen molar-refractivity contribution in [2.45, 2.75) is 33.1 Å². The molecule has 2 aromatic carbocycles. The molecule has 0 aliphatic carbocycles. The molecule has 0 bridgehead atoms. The summed E-state index contributed by atoms with van der Waals surface area (Å²) in [5, 5.41) is 4.04. The molecule has 5 heteroatoms. The first-order chi connectivity index (χ1) is 15.1. The summed E-state index contributed by atoms with van der Waals surface area (Å²) in [4.78, 5) is 22.8. The zero-order chi connectivity index (χ0) is 21.6. The van der Waals surface area contributed by atoms with Crippen molar-refractivity contribution in [3.8, 4) is 21.7 Å². The van der Waals surface area contributed by atoms with Crippen molar-refractivity contribution in [1.82, 2.24) is 9.97 Å². The molecule has 2 aromatic heterocycles. The number of rotatable bonds is 7. The van der Waals surface area contributed by atoms with Gasteiger partial charge in [0.1, 0.15) is 5.82 Å². The highest BCUT2D eigenvalue weighted by atomic mass is 32.1. The number of hydrogen-bond acceptors (Lipinski definition) is 4. The van der Waals surface area contributed by atoms with Crippen LogP contribution in [0.1, 0.15) is 29.5 Å². The summed E-state index contributed by atoms with van der Waals surface area (Å²) in [6, 6.07) is 22.3. The van der Waals surface area contributed by atoms with Crippen LogP contribution in [0.3, 0.4) is 0 Å². The largest absolute Gasteiger partial charge is 0.311 e. The molecule has 1 N–H and O–H groups in total. The van der Waals surface area contributed by atoms with Crippen molar-refractivity contribution in [2.24, 2.45) is 0 Å². The Balaban J connectivity index is 1.55. The van der Waals surface area contributed by atoms with Crippen LogP contribution in [0.25, 0.3) is 21.7 Å². The van der Waals surface area contributed by atoms with E-state index in [1.165, 1.54) is 5.56 Å². The number of hydrogen-bond donors (Lipinski definition) is 1. The molecule has 0 unspecified atom stereocenters. The van der Waals surface area contributed by atoms with Crippen LogP contribution in [0, 0.1) is 6.92 Å². The quantitative estimate of drug-likeness (QED) is 0.376. The first kappa shape index (κ1) is 20.9. The summed E-state index contributed by atoms with van der Waals surface area (Å²) in [6.07, 6.45) is 3.76. The highest BCUT2D eigenvalue weighted by Crippen LogP contribution is 2.37. The molecule has 0 radical (unpaired) electrons. The number of thiazole rings is 1. The average molecular weight is 428 g/mol. The summed E-state index contributed by atoms with van der Waals surface area (Å²) >= 11 is 1.70. The number of carbonyl (C=O) groups excluding carboxylic acids is 1. The van der Waals surface area contributed by atoms with Gasteiger partial charge in [0.15, 0.2) is 0 Å². The van der Waals surface area contributed by atoms with E-state index >= 15 is 0 Å². The summed E-state index contributed by atoms with van der Waals surface area (Å²) in [5.74, 6) is 0.531. The van der Waals surface area contributed by atoms with Gasteiger partial charge in [-0.05, 0) is 49.1 Å². The maximum absolute atomic E-state index is 12.4. The van der Waals surface area contributed by atoms with Crippen LogP contribution in [0.5, 0.6) is 0 Å². The Labute approximate surface area is 187 Å². The van der Waals surface area contributed by atoms with Crippen molar-refractivity contribution < 1.29 is 4.79 Å². The SMILES string of the molecule is CCc1nc(-c2cccc(C)c2)c(-c2ccnc(NC(=O)CCc3ccccc3)c2)s1. The van der Waals surface area contributed by atoms with Crippen LogP contribution < -0.4 is 5.32 Å². The molecule has 0 aliphatic heterocycles. The molecule has 0 saturated carbocycles. The van der Waals surface area contributed by atoms with Crippen LogP contribution in [0.2, 0.25) is 0 Å². The molecule has 0 spiro atoms. The van der Waals surface area contributed by atoms with E-state index in [2.05, 4.69) is 48.4 Å². The third-order valence-corrected chi connectivity index (χ3v) is 6.29. The molecular weight excluding hydrogens is 402 g/mol. The van der Waals surface area contributed by atoms with E-state index in [1.807, 2.05) is 42.5 Å². The Morgan fingerprint density at radius 3 is 2.61 bits per heavy atom. The molecule has 0 fully saturated rings. The Morgan fingerprint density at radius 2 is 1.84 bits per heavy atom. The fourth-order valence-corrected chi connectivity index (χ4v) is 4.47. The van der Waals surface area contributed by atoms with E-state index in [9.17, 15) is 4.79 Å². The van der Waals surface area contributed by atoms with Crippen LogP contribution >= 0.6 is 11.3 Å². The Bertz CT molecular complexity index is 1180. The van der Waals surface area contributed by atoms with Gasteiger partial charge in [0.2, 0.25) is 5.91 Å². The second-order valence-corrected chi connectivity index (χ2v) is 8.56. The van der Waals surface area contributed by atoms with E-state index in [0.29, 0.717) is 18.7 Å². The topological polar surface area (TPSA) is 54.9 Å². The predicted molar refractivity (Wildman–Crippen MR) is 128 cm³/mol. The lowest BCUT2D eigenvalue weighted by Crippen LogP contribution is -2.13. The van der Waals surface area contributed by atoms with E-state index in [4.69, 9.17) is 4.98 Å². The maximum atomic E-state index is 12.4. The van der Waals surface area contributed by atoms with Gasteiger partial charge in [-0.15, -0.1) is 11.3 Å². The minimum Gasteiger partial charge on any atom is -0.311 e. The number of nitrogens with one attached hydrogen (secondary N) is 1. The summed E-state index contributed by atoms with van der Waals surface area (Å²) in [5.41, 5.74) is 5.46. The van der Waals surface area contributed by atoms with Crippen LogP contribution in [0.15, 0.2) is 72.9 Å². The summed E-state index contributed by atoms with van der Waals surface area (Å²) in [6.45, 7) is 4.21. The standard InChI is InChI=1S/C26H25N3OS/c1-3-24-29-25(20-11-7-8-18(2)16-20)26(31-24)21-14-15-27-22(17-21)28-23(30)13-12-19-9-5-4-6-10-19/h4-11,14-17H,3,12-13H2,1-2H3,(H,27,28,30). The molecule has 1 amide bonds. The number of anilines is 1. The lowest BCUT2D eigenvalue weighted by Gasteiger charge is -2.08. The molecule has 4 nitrogen and oxygen atoms in total. The lowest BCUT2D eigenvalue weighted by molar-refractivity contribution is -0.116. The van der Waals surface area contributed by atoms with E-state index < -0.39 is 0 Å². The molecule has 0 aliphatic rings. The highest BCUT2D eigenvalue weighted by Gasteiger charge is 2.15. The summed E-state index contributed by atoms with van der Waals surface area (Å²) < 4.78 is 0. The lowest BCUT2D eigenvalue weighted by atomic mass is 10.1. The average Bonchev–Trinajstić information content (AvgIpc) is 3.23. The minimum atomic E-state index is -0.0361. The van der Waals surface area contributed by atoms with Crippen molar-refractivity contribution in [3.05, 3.63) is 89.1 Å². The van der Waals surface area contributed by atoms with Crippen molar-refractivity contribution in [1.29, 1.82) is 0 Å². The second-order valence-electron chi connectivity index (χ2n) is 7.47. The van der Waals surface area contributed by atoms with Gasteiger partial charge in [-0.3, -0.25) is 4.79 Å². The van der Waals surface area contributed by atoms with E-state index in [0.717, 1.165) is 38.7 Å². The molecule has 4 aromatic rings. The smallest absolute Gasteiger partial charge is 0.225 e. The van der Waals surface area contributed by atoms with E-state index in [-0.39, 0.29) is 5.91 Å². The first-order valence-electron chi connectivity index (χ1n) is 10.5. The zero-order valence-electron chi connectivity index (χ0n) is 17.8. The molecular formula is C26H25N3OS. The highest BCUT2D eigenvalue weighted by molar-refractivity contribution is 7.15. The molecule has 2 heterocycles. The molecule has 4 rings (SSSR count). The Morgan fingerprint density at radius 1 is 1.00 bits per heavy atom. The van der Waals surface area contributed by atoms with E-state index in [1.54, 1.807) is 17.5 Å². The fourth-order valence-electron chi connectivity index (χ4n) is 3.45. The number of benzene rings is 2. The summed E-state index contributed by atoms with van der Waals surface area (Å²) in [7, 11) is 0. The predicted octanol–water partition coefficient (Wildman–Crippen LogP) is 6.31. The third-order valence-electron chi connectivity index (χ3n) is 5.04. The van der Waals surface area contributed by atoms with Gasteiger partial charge < -0.3 is 5.32 Å². The van der Waals surface area contributed by atoms with Crippen molar-refractivity contribution in [2.75, 3.05) is 5.32 Å². The first-order valence-corrected chi connectivity index (χ1v) is 11.3. The third kappa shape index (κ3) is 5.25. The molecule has 0 atom stereocenters. The van der Waals surface area contributed by atoms with Gasteiger partial charge in [0.05, 0.1) is 15.6 Å². The van der Waals surface area contributed by atoms with Gasteiger partial charge >= 0.3 is 0 Å². The van der Waals surface area contributed by atoms with Gasteiger partial charge in [0, 0.05) is 18.2 Å². The molecule has 31 heavy (non-hydrogen) atoms. The number of amides is 1. The Hall–Kier alpha value is -3.31. The fraction of sp³-hybridized carbons (Fsp3) is 0.192. The van der Waals surface area contributed by atoms with Crippen LogP contribution in [-0.2, 0) is 17.6 Å². The van der Waals surface area contributed by atoms with Crippen LogP contribution in [-0.4, -0.2) is 15.9 Å². The maximum Gasteiger partial charge on any atom is 0.225 e. The number of pyridine rings is 1. The monoisotopic (exact) mass is 427 g/mol. The van der Waals surface area contributed by atoms with Gasteiger partial charge in [-0.1, -0.05) is 61.0 Å². The number of aromatic nitrogens is 2. The number of nitrogens with zero attached hydrogens (tertiary/aromatic N) is 2. The number of carbonyl (C=O) groups is 1. The van der Waals surface area contributed by atoms with Crippen molar-refractivity contribution in [3.63, 3.8) is 0 Å². The zero-order valence-corrected chi connectivity index (χ0v) is 18.6. The minimum absolute atomic E-state index is 0.0361. The normalized spacial score (nSPS) is 10.8. The van der Waals surface area contributed by atoms with Crippen LogP contribution in [0.4, 0.5) is 5.82 Å². The van der Waals surface area contributed by atoms with Crippen molar-refractivity contribution >= 4 is 23.1 Å². The molecule has 0 saturated heterocycles.